The quantitative estimate of drug-likeness (QED) is 0.648. The van der Waals surface area contributed by atoms with Crippen molar-refractivity contribution in [2.45, 2.75) is 25.5 Å². The second kappa shape index (κ2) is 9.08. The minimum Gasteiger partial charge on any atom is -0.486 e. The van der Waals surface area contributed by atoms with E-state index in [0.717, 1.165) is 0 Å². The molecule has 7 nitrogen and oxygen atoms in total. The maximum absolute atomic E-state index is 12.9. The van der Waals surface area contributed by atoms with Crippen LogP contribution in [0.4, 0.5) is 4.39 Å². The van der Waals surface area contributed by atoms with E-state index in [1.54, 1.807) is 28.5 Å². The van der Waals surface area contributed by atoms with Gasteiger partial charge in [0.1, 0.15) is 35.1 Å². The summed E-state index contributed by atoms with van der Waals surface area (Å²) in [6.07, 6.45) is 4.28. The number of thiazole rings is 1. The normalized spacial score (nSPS) is 14.5. The molecule has 1 aliphatic rings. The zero-order valence-corrected chi connectivity index (χ0v) is 16.9. The van der Waals surface area contributed by atoms with Gasteiger partial charge < -0.3 is 19.4 Å². The molecule has 1 aromatic carbocycles. The van der Waals surface area contributed by atoms with Gasteiger partial charge >= 0.3 is 0 Å². The average molecular weight is 429 g/mol. The van der Waals surface area contributed by atoms with Crippen molar-refractivity contribution >= 4 is 23.2 Å². The van der Waals surface area contributed by atoms with Crippen molar-refractivity contribution in [3.8, 4) is 5.75 Å². The highest BCUT2D eigenvalue weighted by Crippen LogP contribution is 2.18. The molecule has 2 amide bonds. The minimum atomic E-state index is -0.327. The lowest BCUT2D eigenvalue weighted by Gasteiger charge is -2.32. The molecule has 1 fully saturated rings. The number of piperidine rings is 1. The molecule has 0 saturated carbocycles. The summed E-state index contributed by atoms with van der Waals surface area (Å²) in [4.78, 5) is 30.9. The number of amides is 2. The van der Waals surface area contributed by atoms with E-state index in [1.807, 2.05) is 0 Å². The highest BCUT2D eigenvalue weighted by molar-refractivity contribution is 7.09. The molecule has 3 heterocycles. The van der Waals surface area contributed by atoms with Crippen LogP contribution < -0.4 is 10.1 Å². The fourth-order valence-electron chi connectivity index (χ4n) is 3.21. The third-order valence-electron chi connectivity index (χ3n) is 4.85. The number of ether oxygens (including phenoxy) is 1. The summed E-state index contributed by atoms with van der Waals surface area (Å²) in [5.41, 5.74) is 0.880. The number of likely N-dealkylation sites (tertiary alicyclic amines) is 1. The number of nitrogens with zero attached hydrogens (tertiary/aromatic N) is 2. The maximum Gasteiger partial charge on any atom is 0.270 e. The van der Waals surface area contributed by atoms with Crippen LogP contribution in [-0.4, -0.2) is 40.8 Å². The lowest BCUT2D eigenvalue weighted by Crippen LogP contribution is -2.46. The van der Waals surface area contributed by atoms with E-state index < -0.39 is 0 Å². The summed E-state index contributed by atoms with van der Waals surface area (Å²) in [6.45, 7) is 1.35. The van der Waals surface area contributed by atoms with Gasteiger partial charge in [0.15, 0.2) is 0 Å². The molecule has 0 unspecified atom stereocenters. The fourth-order valence-corrected chi connectivity index (χ4v) is 3.90. The molecular formula is C21H20FN3O4S. The van der Waals surface area contributed by atoms with E-state index in [1.165, 1.54) is 36.0 Å². The van der Waals surface area contributed by atoms with Gasteiger partial charge in [0.05, 0.1) is 11.8 Å². The van der Waals surface area contributed by atoms with Crippen LogP contribution in [0.25, 0.3) is 0 Å². The molecule has 1 N–H and O–H groups in total. The van der Waals surface area contributed by atoms with Gasteiger partial charge in [0.2, 0.25) is 0 Å². The molecule has 156 valence electrons. The fraction of sp³-hybridized carbons (Fsp3) is 0.286. The molecule has 0 bridgehead atoms. The first-order valence-electron chi connectivity index (χ1n) is 9.53. The number of hydrogen-bond acceptors (Lipinski definition) is 6. The van der Waals surface area contributed by atoms with Gasteiger partial charge in [-0.1, -0.05) is 0 Å². The molecule has 30 heavy (non-hydrogen) atoms. The first-order chi connectivity index (χ1) is 14.6. The number of halogens is 1. The van der Waals surface area contributed by atoms with Gasteiger partial charge in [-0.15, -0.1) is 11.3 Å². The highest BCUT2D eigenvalue weighted by Gasteiger charge is 2.25. The summed E-state index contributed by atoms with van der Waals surface area (Å²) in [5, 5.41) is 5.34. The number of rotatable bonds is 6. The van der Waals surface area contributed by atoms with E-state index in [2.05, 4.69) is 10.3 Å². The Bertz CT molecular complexity index is 996. The molecule has 0 radical (unpaired) electrons. The molecular weight excluding hydrogens is 409 g/mol. The Morgan fingerprint density at radius 1 is 1.23 bits per heavy atom. The number of carbonyl (C=O) groups excluding carboxylic acids is 2. The van der Waals surface area contributed by atoms with E-state index in [0.29, 0.717) is 47.9 Å². The van der Waals surface area contributed by atoms with E-state index in [-0.39, 0.29) is 30.3 Å². The number of benzene rings is 1. The number of nitrogens with one attached hydrogen (secondary N) is 1. The highest BCUT2D eigenvalue weighted by atomic mass is 32.1. The zero-order valence-electron chi connectivity index (χ0n) is 16.0. The van der Waals surface area contributed by atoms with Crippen LogP contribution in [-0.2, 0) is 6.61 Å². The molecule has 1 aliphatic heterocycles. The van der Waals surface area contributed by atoms with Crippen LogP contribution in [0, 0.1) is 5.82 Å². The summed E-state index contributed by atoms with van der Waals surface area (Å²) in [6, 6.07) is 7.37. The predicted octanol–water partition coefficient (Wildman–Crippen LogP) is 3.49. The monoisotopic (exact) mass is 429 g/mol. The molecule has 4 rings (SSSR count). The summed E-state index contributed by atoms with van der Waals surface area (Å²) in [7, 11) is 0. The Morgan fingerprint density at radius 2 is 2.00 bits per heavy atom. The maximum atomic E-state index is 12.9. The Hall–Kier alpha value is -3.20. The summed E-state index contributed by atoms with van der Waals surface area (Å²) in [5.74, 6) is -0.0840. The molecule has 0 atom stereocenters. The lowest BCUT2D eigenvalue weighted by molar-refractivity contribution is 0.0697. The zero-order chi connectivity index (χ0) is 20.9. The van der Waals surface area contributed by atoms with E-state index >= 15 is 0 Å². The van der Waals surface area contributed by atoms with Crippen LogP contribution in [0.15, 0.2) is 52.7 Å². The van der Waals surface area contributed by atoms with Crippen molar-refractivity contribution in [3.63, 3.8) is 0 Å². The summed E-state index contributed by atoms with van der Waals surface area (Å²) >= 11 is 1.33. The van der Waals surface area contributed by atoms with E-state index in [9.17, 15) is 14.0 Å². The van der Waals surface area contributed by atoms with Gasteiger partial charge in [-0.25, -0.2) is 9.37 Å². The topological polar surface area (TPSA) is 84.7 Å². The van der Waals surface area contributed by atoms with Crippen molar-refractivity contribution in [3.05, 3.63) is 70.3 Å². The molecule has 9 heteroatoms. The third-order valence-corrected chi connectivity index (χ3v) is 5.67. The van der Waals surface area contributed by atoms with Crippen LogP contribution in [0.2, 0.25) is 0 Å². The molecule has 1 saturated heterocycles. The van der Waals surface area contributed by atoms with Crippen molar-refractivity contribution in [1.82, 2.24) is 15.2 Å². The average Bonchev–Trinajstić information content (AvgIpc) is 3.46. The summed E-state index contributed by atoms with van der Waals surface area (Å²) < 4.78 is 23.5. The standard InChI is InChI=1S/C21H20FN3O4S/c22-15-1-3-17(4-2-15)29-12-19-24-18(13-30-19)20(26)23-16-5-8-25(9-6-16)21(27)14-7-10-28-11-14/h1-4,7,10-11,13,16H,5-6,8-9,12H2,(H,23,26). The number of furan rings is 1. The van der Waals surface area contributed by atoms with Gasteiger partial charge in [0.25, 0.3) is 11.8 Å². The van der Waals surface area contributed by atoms with Gasteiger partial charge in [-0.05, 0) is 43.2 Å². The number of hydrogen-bond donors (Lipinski definition) is 1. The SMILES string of the molecule is O=C(NC1CCN(C(=O)c2ccoc2)CC1)c1csc(COc2ccc(F)cc2)n1. The third kappa shape index (κ3) is 4.85. The molecule has 0 aliphatic carbocycles. The van der Waals surface area contributed by atoms with Gasteiger partial charge in [-0.3, -0.25) is 9.59 Å². The van der Waals surface area contributed by atoms with Crippen LogP contribution in [0.5, 0.6) is 5.75 Å². The molecule has 3 aromatic rings. The van der Waals surface area contributed by atoms with Crippen molar-refractivity contribution in [2.24, 2.45) is 0 Å². The number of carbonyl (C=O) groups is 2. The molecule has 0 spiro atoms. The minimum absolute atomic E-state index is 0.00786. The molecule has 2 aromatic heterocycles. The first-order valence-corrected chi connectivity index (χ1v) is 10.4. The van der Waals surface area contributed by atoms with Gasteiger partial charge in [0, 0.05) is 24.5 Å². The Morgan fingerprint density at radius 3 is 2.70 bits per heavy atom. The van der Waals surface area contributed by atoms with Crippen molar-refractivity contribution in [2.75, 3.05) is 13.1 Å². The van der Waals surface area contributed by atoms with Crippen molar-refractivity contribution in [1.29, 1.82) is 0 Å². The van der Waals surface area contributed by atoms with E-state index in [4.69, 9.17) is 9.15 Å². The van der Waals surface area contributed by atoms with Crippen molar-refractivity contribution < 1.29 is 23.1 Å². The first kappa shape index (κ1) is 20.1. The lowest BCUT2D eigenvalue weighted by atomic mass is 10.0. The second-order valence-electron chi connectivity index (χ2n) is 6.92. The van der Waals surface area contributed by atoms with Crippen LogP contribution in [0.1, 0.15) is 38.7 Å². The van der Waals surface area contributed by atoms with Crippen LogP contribution in [0.3, 0.4) is 0 Å². The Kier molecular flexibility index (Phi) is 6.08. The Labute approximate surface area is 176 Å². The largest absolute Gasteiger partial charge is 0.486 e. The van der Waals surface area contributed by atoms with Gasteiger partial charge in [-0.2, -0.15) is 0 Å². The Balaban J connectivity index is 1.24. The smallest absolute Gasteiger partial charge is 0.270 e. The predicted molar refractivity (Wildman–Crippen MR) is 108 cm³/mol. The van der Waals surface area contributed by atoms with Crippen LogP contribution >= 0.6 is 11.3 Å². The number of aromatic nitrogens is 1. The second-order valence-corrected chi connectivity index (χ2v) is 7.86.